The summed E-state index contributed by atoms with van der Waals surface area (Å²) < 4.78 is 16.5. The van der Waals surface area contributed by atoms with Gasteiger partial charge in [0.25, 0.3) is 5.89 Å². The number of hydrogen-bond donors (Lipinski definition) is 0. The Morgan fingerprint density at radius 3 is 2.83 bits per heavy atom. The summed E-state index contributed by atoms with van der Waals surface area (Å²) in [6.45, 7) is 2.12. The van der Waals surface area contributed by atoms with E-state index < -0.39 is 6.10 Å². The van der Waals surface area contributed by atoms with E-state index >= 15 is 0 Å². The van der Waals surface area contributed by atoms with Gasteiger partial charge in [-0.3, -0.25) is 0 Å². The van der Waals surface area contributed by atoms with Crippen LogP contribution in [0, 0.1) is 0 Å². The summed E-state index contributed by atoms with van der Waals surface area (Å²) in [5.41, 5.74) is 0. The highest BCUT2D eigenvalue weighted by Crippen LogP contribution is 2.35. The molecule has 0 amide bonds. The molecule has 2 heterocycles. The van der Waals surface area contributed by atoms with Crippen molar-refractivity contribution in [2.75, 3.05) is 6.61 Å². The molecule has 1 aliphatic rings. The first-order valence-electron chi connectivity index (χ1n) is 5.60. The van der Waals surface area contributed by atoms with Crippen molar-refractivity contribution in [1.82, 2.24) is 10.1 Å². The Balaban J connectivity index is 1.83. The molecule has 0 saturated heterocycles. The molecule has 18 heavy (non-hydrogen) atoms. The molecule has 2 aromatic rings. The summed E-state index contributed by atoms with van der Waals surface area (Å²) >= 11 is 5.88. The van der Waals surface area contributed by atoms with E-state index in [0.717, 1.165) is 5.75 Å². The van der Waals surface area contributed by atoms with Gasteiger partial charge in [-0.05, 0) is 19.1 Å². The van der Waals surface area contributed by atoms with Crippen molar-refractivity contribution in [2.45, 2.75) is 18.4 Å². The van der Waals surface area contributed by atoms with Crippen molar-refractivity contribution in [2.24, 2.45) is 0 Å². The lowest BCUT2D eigenvalue weighted by Gasteiger charge is -2.23. The number of para-hydroxylation sites is 2. The van der Waals surface area contributed by atoms with Crippen molar-refractivity contribution in [3.63, 3.8) is 0 Å². The average molecular weight is 267 g/mol. The third-order valence-electron chi connectivity index (χ3n) is 2.60. The van der Waals surface area contributed by atoms with E-state index in [1.807, 2.05) is 24.3 Å². The highest BCUT2D eigenvalue weighted by molar-refractivity contribution is 6.20. The average Bonchev–Trinajstić information content (AvgIpc) is 2.88. The number of hydrogen-bond acceptors (Lipinski definition) is 5. The Bertz CT molecular complexity index is 556. The Morgan fingerprint density at radius 2 is 2.11 bits per heavy atom. The summed E-state index contributed by atoms with van der Waals surface area (Å²) in [5, 5.41) is 3.50. The zero-order chi connectivity index (χ0) is 12.5. The molecule has 1 aromatic carbocycles. The van der Waals surface area contributed by atoms with E-state index in [9.17, 15) is 0 Å². The van der Waals surface area contributed by atoms with Crippen LogP contribution in [0.2, 0.25) is 0 Å². The second-order valence-corrected chi connectivity index (χ2v) is 4.63. The van der Waals surface area contributed by atoms with Crippen LogP contribution in [-0.2, 0) is 0 Å². The zero-order valence-electron chi connectivity index (χ0n) is 9.67. The molecule has 94 valence electrons. The molecule has 1 aromatic heterocycles. The Kier molecular flexibility index (Phi) is 2.83. The molecule has 1 aliphatic heterocycles. The fourth-order valence-corrected chi connectivity index (χ4v) is 1.77. The van der Waals surface area contributed by atoms with Gasteiger partial charge in [0, 0.05) is 0 Å². The highest BCUT2D eigenvalue weighted by Gasteiger charge is 2.27. The standard InChI is InChI=1S/C12H11ClN2O3/c1-7(13)11-14-12(18-15-11)10-6-16-8-4-2-3-5-9(8)17-10/h2-5,7,10H,6H2,1H3. The number of fused-ring (bicyclic) bond motifs is 1. The summed E-state index contributed by atoms with van der Waals surface area (Å²) in [6.07, 6.45) is -0.392. The third-order valence-corrected chi connectivity index (χ3v) is 2.79. The van der Waals surface area contributed by atoms with Crippen LogP contribution in [0.3, 0.4) is 0 Å². The predicted octanol–water partition coefficient (Wildman–Crippen LogP) is 2.88. The smallest absolute Gasteiger partial charge is 0.271 e. The number of halogens is 1. The van der Waals surface area contributed by atoms with Gasteiger partial charge in [0.1, 0.15) is 6.61 Å². The van der Waals surface area contributed by atoms with Crippen LogP contribution in [0.4, 0.5) is 0 Å². The molecule has 0 N–H and O–H groups in total. The number of nitrogens with zero attached hydrogens (tertiary/aromatic N) is 2. The van der Waals surface area contributed by atoms with Crippen LogP contribution in [0.5, 0.6) is 11.5 Å². The summed E-state index contributed by atoms with van der Waals surface area (Å²) in [5.74, 6) is 2.23. The fraction of sp³-hybridized carbons (Fsp3) is 0.333. The zero-order valence-corrected chi connectivity index (χ0v) is 10.4. The Morgan fingerprint density at radius 1 is 1.33 bits per heavy atom. The maximum atomic E-state index is 5.88. The van der Waals surface area contributed by atoms with Crippen molar-refractivity contribution in [3.8, 4) is 11.5 Å². The summed E-state index contributed by atoms with van der Waals surface area (Å²) in [6, 6.07) is 7.46. The largest absolute Gasteiger partial charge is 0.485 e. The quantitative estimate of drug-likeness (QED) is 0.782. The molecule has 5 nitrogen and oxygen atoms in total. The van der Waals surface area contributed by atoms with E-state index in [1.165, 1.54) is 0 Å². The van der Waals surface area contributed by atoms with Gasteiger partial charge >= 0.3 is 0 Å². The summed E-state index contributed by atoms with van der Waals surface area (Å²) in [7, 11) is 0. The first-order chi connectivity index (χ1) is 8.74. The number of ether oxygens (including phenoxy) is 2. The lowest BCUT2D eigenvalue weighted by Crippen LogP contribution is -2.21. The predicted molar refractivity (Wildman–Crippen MR) is 63.9 cm³/mol. The minimum absolute atomic E-state index is 0.292. The van der Waals surface area contributed by atoms with Crippen LogP contribution in [0.1, 0.15) is 30.1 Å². The first kappa shape index (κ1) is 11.3. The van der Waals surface area contributed by atoms with Crippen molar-refractivity contribution >= 4 is 11.6 Å². The lowest BCUT2D eigenvalue weighted by molar-refractivity contribution is 0.0665. The number of rotatable bonds is 2. The molecule has 3 rings (SSSR count). The van der Waals surface area contributed by atoms with Gasteiger partial charge in [0.05, 0.1) is 5.38 Å². The maximum Gasteiger partial charge on any atom is 0.271 e. The summed E-state index contributed by atoms with van der Waals surface area (Å²) in [4.78, 5) is 4.19. The van der Waals surface area contributed by atoms with E-state index in [-0.39, 0.29) is 5.38 Å². The van der Waals surface area contributed by atoms with Crippen molar-refractivity contribution in [3.05, 3.63) is 36.0 Å². The normalized spacial score (nSPS) is 19.6. The van der Waals surface area contributed by atoms with Crippen LogP contribution in [0.25, 0.3) is 0 Å². The molecule has 0 bridgehead atoms. The molecule has 2 unspecified atom stereocenters. The fourth-order valence-electron chi connectivity index (χ4n) is 1.68. The molecule has 6 heteroatoms. The van der Waals surface area contributed by atoms with Gasteiger partial charge in [-0.2, -0.15) is 4.98 Å². The molecule has 0 saturated carbocycles. The monoisotopic (exact) mass is 266 g/mol. The minimum atomic E-state index is -0.392. The number of benzene rings is 1. The molecule has 0 fully saturated rings. The van der Waals surface area contributed by atoms with Crippen LogP contribution < -0.4 is 9.47 Å². The molecule has 0 aliphatic carbocycles. The van der Waals surface area contributed by atoms with Crippen LogP contribution >= 0.6 is 11.6 Å². The molecule has 0 radical (unpaired) electrons. The molecular formula is C12H11ClN2O3. The Hall–Kier alpha value is -1.75. The molecular weight excluding hydrogens is 256 g/mol. The topological polar surface area (TPSA) is 57.4 Å². The van der Waals surface area contributed by atoms with Crippen LogP contribution in [0.15, 0.2) is 28.8 Å². The van der Waals surface area contributed by atoms with E-state index in [0.29, 0.717) is 24.1 Å². The first-order valence-corrected chi connectivity index (χ1v) is 6.04. The van der Waals surface area contributed by atoms with Gasteiger partial charge in [0.2, 0.25) is 6.10 Å². The van der Waals surface area contributed by atoms with Gasteiger partial charge in [-0.1, -0.05) is 17.3 Å². The third kappa shape index (κ3) is 2.01. The van der Waals surface area contributed by atoms with Crippen molar-refractivity contribution < 1.29 is 14.0 Å². The SMILES string of the molecule is CC(Cl)c1noc(C2COc3ccccc3O2)n1. The van der Waals surface area contributed by atoms with E-state index in [4.69, 9.17) is 25.6 Å². The van der Waals surface area contributed by atoms with E-state index in [2.05, 4.69) is 10.1 Å². The molecule has 0 spiro atoms. The second-order valence-electron chi connectivity index (χ2n) is 3.97. The van der Waals surface area contributed by atoms with Crippen molar-refractivity contribution in [1.29, 1.82) is 0 Å². The van der Waals surface area contributed by atoms with Gasteiger partial charge in [-0.25, -0.2) is 0 Å². The maximum absolute atomic E-state index is 5.88. The molecule has 2 atom stereocenters. The number of alkyl halides is 1. The van der Waals surface area contributed by atoms with E-state index in [1.54, 1.807) is 6.92 Å². The van der Waals surface area contributed by atoms with Gasteiger partial charge < -0.3 is 14.0 Å². The van der Waals surface area contributed by atoms with Crippen LogP contribution in [-0.4, -0.2) is 16.7 Å². The minimum Gasteiger partial charge on any atom is -0.485 e. The van der Waals surface area contributed by atoms with Gasteiger partial charge in [0.15, 0.2) is 17.3 Å². The second kappa shape index (κ2) is 4.49. The Labute approximate surface area is 109 Å². The highest BCUT2D eigenvalue weighted by atomic mass is 35.5. The number of aromatic nitrogens is 2. The van der Waals surface area contributed by atoms with Gasteiger partial charge in [-0.15, -0.1) is 11.6 Å². The lowest BCUT2D eigenvalue weighted by atomic mass is 10.2.